The number of unbranched alkanes of at least 4 members (excludes halogenated alkanes) is 8. The van der Waals surface area contributed by atoms with Gasteiger partial charge >= 0.3 is 5.97 Å². The van der Waals surface area contributed by atoms with Crippen LogP contribution in [-0.2, 0) is 19.1 Å². The van der Waals surface area contributed by atoms with E-state index in [9.17, 15) is 9.59 Å². The third-order valence-electron chi connectivity index (χ3n) is 3.71. The van der Waals surface area contributed by atoms with Crippen molar-refractivity contribution in [2.75, 3.05) is 20.3 Å². The summed E-state index contributed by atoms with van der Waals surface area (Å²) in [5, 5.41) is 0. The van der Waals surface area contributed by atoms with Crippen molar-refractivity contribution >= 4 is 11.8 Å². The van der Waals surface area contributed by atoms with Gasteiger partial charge in [-0.2, -0.15) is 0 Å². The topological polar surface area (TPSA) is 52.6 Å². The number of hydrogen-bond donors (Lipinski definition) is 0. The maximum Gasteiger partial charge on any atom is 0.313 e. The zero-order chi connectivity index (χ0) is 16.5. The second-order valence-corrected chi connectivity index (χ2v) is 5.84. The van der Waals surface area contributed by atoms with Crippen molar-refractivity contribution in [3.63, 3.8) is 0 Å². The van der Waals surface area contributed by atoms with E-state index in [2.05, 4.69) is 11.7 Å². The lowest BCUT2D eigenvalue weighted by molar-refractivity contribution is -0.143. The van der Waals surface area contributed by atoms with Gasteiger partial charge in [0.2, 0.25) is 0 Å². The molecule has 0 saturated carbocycles. The predicted molar refractivity (Wildman–Crippen MR) is 88.9 cm³/mol. The third-order valence-corrected chi connectivity index (χ3v) is 3.71. The van der Waals surface area contributed by atoms with Crippen molar-refractivity contribution in [1.82, 2.24) is 0 Å². The largest absolute Gasteiger partial charge is 0.469 e. The van der Waals surface area contributed by atoms with Crippen molar-refractivity contribution in [1.29, 1.82) is 0 Å². The highest BCUT2D eigenvalue weighted by Crippen LogP contribution is 2.08. The average molecular weight is 314 g/mol. The summed E-state index contributed by atoms with van der Waals surface area (Å²) in [5.41, 5.74) is 0. The minimum Gasteiger partial charge on any atom is -0.469 e. The van der Waals surface area contributed by atoms with Crippen LogP contribution in [0.25, 0.3) is 0 Å². The van der Waals surface area contributed by atoms with Crippen LogP contribution in [0.1, 0.15) is 84.0 Å². The Hall–Kier alpha value is -0.900. The van der Waals surface area contributed by atoms with Crippen molar-refractivity contribution < 1.29 is 19.1 Å². The van der Waals surface area contributed by atoms with E-state index in [1.54, 1.807) is 0 Å². The molecule has 0 aromatic carbocycles. The van der Waals surface area contributed by atoms with E-state index in [1.165, 1.54) is 52.1 Å². The molecule has 0 heterocycles. The molecule has 130 valence electrons. The number of methoxy groups -OCH3 is 1. The lowest BCUT2D eigenvalue weighted by Gasteiger charge is -2.04. The van der Waals surface area contributed by atoms with Crippen LogP contribution in [0, 0.1) is 0 Å². The van der Waals surface area contributed by atoms with E-state index in [-0.39, 0.29) is 12.2 Å². The molecule has 0 N–H and O–H groups in total. The summed E-state index contributed by atoms with van der Waals surface area (Å²) in [6, 6.07) is 0. The summed E-state index contributed by atoms with van der Waals surface area (Å²) < 4.78 is 10.0. The van der Waals surface area contributed by atoms with Gasteiger partial charge in [-0.25, -0.2) is 0 Å². The highest BCUT2D eigenvalue weighted by molar-refractivity contribution is 5.95. The quantitative estimate of drug-likeness (QED) is 0.240. The Kier molecular flexibility index (Phi) is 15.8. The van der Waals surface area contributed by atoms with Crippen LogP contribution >= 0.6 is 0 Å². The zero-order valence-electron chi connectivity index (χ0n) is 14.5. The molecule has 0 rings (SSSR count). The van der Waals surface area contributed by atoms with Crippen molar-refractivity contribution in [2.24, 2.45) is 0 Å². The van der Waals surface area contributed by atoms with Crippen LogP contribution in [0.2, 0.25) is 0 Å². The molecule has 0 aliphatic carbocycles. The summed E-state index contributed by atoms with van der Waals surface area (Å²) in [6.45, 7) is 3.78. The molecule has 0 aromatic rings. The van der Waals surface area contributed by atoms with E-state index in [0.717, 1.165) is 25.9 Å². The predicted octanol–water partition coefficient (Wildman–Crippen LogP) is 4.45. The molecule has 0 saturated heterocycles. The molecule has 0 fully saturated rings. The smallest absolute Gasteiger partial charge is 0.313 e. The van der Waals surface area contributed by atoms with Crippen LogP contribution in [-0.4, -0.2) is 32.1 Å². The summed E-state index contributed by atoms with van der Waals surface area (Å²) in [5.74, 6) is -0.495. The van der Waals surface area contributed by atoms with E-state index in [1.807, 2.05) is 0 Å². The molecule has 0 atom stereocenters. The number of Topliss-reactive ketones (excluding diaryl/α,β-unsaturated/α-hetero) is 1. The van der Waals surface area contributed by atoms with E-state index >= 15 is 0 Å². The van der Waals surface area contributed by atoms with Gasteiger partial charge < -0.3 is 9.47 Å². The number of carbonyl (C=O) groups is 2. The Morgan fingerprint density at radius 3 is 1.91 bits per heavy atom. The standard InChI is InChI=1S/C18H34O4/c1-3-4-5-6-7-8-9-11-14-22-15-12-10-13-17(19)16-18(20)21-2/h3-16H2,1-2H3. The van der Waals surface area contributed by atoms with Crippen LogP contribution in [0.15, 0.2) is 0 Å². The maximum atomic E-state index is 11.4. The van der Waals surface area contributed by atoms with Gasteiger partial charge in [0.15, 0.2) is 0 Å². The van der Waals surface area contributed by atoms with Crippen molar-refractivity contribution in [3.05, 3.63) is 0 Å². The molecule has 0 bridgehead atoms. The lowest BCUT2D eigenvalue weighted by Crippen LogP contribution is -2.09. The Balaban J connectivity index is 3.14. The summed E-state index contributed by atoms with van der Waals surface area (Å²) >= 11 is 0. The number of esters is 1. The van der Waals surface area contributed by atoms with Gasteiger partial charge in [-0.15, -0.1) is 0 Å². The van der Waals surface area contributed by atoms with Gasteiger partial charge in [-0.1, -0.05) is 51.9 Å². The second-order valence-electron chi connectivity index (χ2n) is 5.84. The molecular weight excluding hydrogens is 280 g/mol. The van der Waals surface area contributed by atoms with Gasteiger partial charge in [0.05, 0.1) is 7.11 Å². The second kappa shape index (κ2) is 16.5. The fourth-order valence-electron chi connectivity index (χ4n) is 2.29. The molecule has 0 radical (unpaired) electrons. The Bertz CT molecular complexity index is 276. The monoisotopic (exact) mass is 314 g/mol. The third kappa shape index (κ3) is 15.5. The van der Waals surface area contributed by atoms with E-state index < -0.39 is 5.97 Å². The van der Waals surface area contributed by atoms with Crippen LogP contribution in [0.5, 0.6) is 0 Å². The molecule has 0 aliphatic rings. The first-order valence-electron chi connectivity index (χ1n) is 8.87. The van der Waals surface area contributed by atoms with E-state index in [4.69, 9.17) is 4.74 Å². The molecule has 22 heavy (non-hydrogen) atoms. The van der Waals surface area contributed by atoms with Gasteiger partial charge in [0.25, 0.3) is 0 Å². The highest BCUT2D eigenvalue weighted by Gasteiger charge is 2.08. The summed E-state index contributed by atoms with van der Waals surface area (Å²) in [6.07, 6.45) is 12.5. The Morgan fingerprint density at radius 2 is 1.32 bits per heavy atom. The van der Waals surface area contributed by atoms with Crippen LogP contribution < -0.4 is 0 Å². The summed E-state index contributed by atoms with van der Waals surface area (Å²) in [4.78, 5) is 22.3. The first-order chi connectivity index (χ1) is 10.7. The molecule has 4 nitrogen and oxygen atoms in total. The van der Waals surface area contributed by atoms with Crippen molar-refractivity contribution in [2.45, 2.75) is 84.0 Å². The Labute approximate surface area is 135 Å². The maximum absolute atomic E-state index is 11.4. The Morgan fingerprint density at radius 1 is 0.773 bits per heavy atom. The molecule has 4 heteroatoms. The van der Waals surface area contributed by atoms with Crippen LogP contribution in [0.3, 0.4) is 0 Å². The fourth-order valence-corrected chi connectivity index (χ4v) is 2.29. The molecule has 0 unspecified atom stereocenters. The number of rotatable bonds is 16. The molecule has 0 aromatic heterocycles. The fraction of sp³-hybridized carbons (Fsp3) is 0.889. The van der Waals surface area contributed by atoms with E-state index in [0.29, 0.717) is 13.0 Å². The molecular formula is C18H34O4. The molecule has 0 amide bonds. The normalized spacial score (nSPS) is 10.6. The number of ether oxygens (including phenoxy) is 2. The van der Waals surface area contributed by atoms with Crippen LogP contribution in [0.4, 0.5) is 0 Å². The van der Waals surface area contributed by atoms with Gasteiger partial charge in [-0.05, 0) is 19.3 Å². The lowest BCUT2D eigenvalue weighted by atomic mass is 10.1. The van der Waals surface area contributed by atoms with Crippen molar-refractivity contribution in [3.8, 4) is 0 Å². The average Bonchev–Trinajstić information content (AvgIpc) is 2.51. The number of ketones is 1. The van der Waals surface area contributed by atoms with Gasteiger partial charge in [-0.3, -0.25) is 9.59 Å². The first-order valence-corrected chi connectivity index (χ1v) is 8.87. The molecule has 0 aliphatic heterocycles. The SMILES string of the molecule is CCCCCCCCCCOCCCCC(=O)CC(=O)OC. The van der Waals surface area contributed by atoms with Gasteiger partial charge in [0.1, 0.15) is 12.2 Å². The van der Waals surface area contributed by atoms with Gasteiger partial charge in [0, 0.05) is 19.6 Å². The summed E-state index contributed by atoms with van der Waals surface area (Å²) in [7, 11) is 1.30. The zero-order valence-corrected chi connectivity index (χ0v) is 14.5. The highest BCUT2D eigenvalue weighted by atomic mass is 16.5. The molecule has 0 spiro atoms. The first kappa shape index (κ1) is 21.1. The number of hydrogen-bond acceptors (Lipinski definition) is 4. The minimum absolute atomic E-state index is 0.0464. The minimum atomic E-state index is -0.448. The number of carbonyl (C=O) groups excluding carboxylic acids is 2.